The molecule has 1 unspecified atom stereocenters. The second-order valence-corrected chi connectivity index (χ2v) is 6.50. The number of pyridine rings is 1. The van der Waals surface area contributed by atoms with Gasteiger partial charge in [-0.1, -0.05) is 0 Å². The van der Waals surface area contributed by atoms with Crippen LogP contribution in [0.15, 0.2) is 40.0 Å². The highest BCUT2D eigenvalue weighted by Gasteiger charge is 2.49. The minimum Gasteiger partial charge on any atom is -0.495 e. The van der Waals surface area contributed by atoms with E-state index in [2.05, 4.69) is 20.9 Å². The second kappa shape index (κ2) is 5.68. The predicted octanol–water partition coefficient (Wildman–Crippen LogP) is 4.38. The van der Waals surface area contributed by atoms with Gasteiger partial charge in [0, 0.05) is 16.5 Å². The number of benzene rings is 1. The molecule has 0 amide bonds. The van der Waals surface area contributed by atoms with Crippen LogP contribution in [0, 0.1) is 0 Å². The molecule has 0 saturated carbocycles. The zero-order valence-electron chi connectivity index (χ0n) is 11.2. The van der Waals surface area contributed by atoms with E-state index in [1.807, 2.05) is 0 Å². The fourth-order valence-corrected chi connectivity index (χ4v) is 3.80. The fraction of sp³-hybridized carbons (Fsp3) is 0.214. The molecule has 116 valence electrons. The normalized spacial score (nSPS) is 18.9. The summed E-state index contributed by atoms with van der Waals surface area (Å²) in [6.45, 7) is 0. The van der Waals surface area contributed by atoms with Crippen LogP contribution < -0.4 is 9.47 Å². The third kappa shape index (κ3) is 2.66. The highest BCUT2D eigenvalue weighted by molar-refractivity contribution is 9.10. The standard InChI is InChI=1S/C14H10BrF2NO3S/c1-20-7-4-8(6-18-5-7)21-9-2-3-10-11(12(9)15)13(19)14(16,17)22-10/h2-6,13,19H,1H3. The smallest absolute Gasteiger partial charge is 0.327 e. The Hall–Kier alpha value is -1.38. The minimum absolute atomic E-state index is 0.128. The van der Waals surface area contributed by atoms with Crippen molar-refractivity contribution in [3.05, 3.63) is 40.6 Å². The van der Waals surface area contributed by atoms with Crippen LogP contribution in [0.2, 0.25) is 0 Å². The number of alkyl halides is 2. The molecular formula is C14H10BrF2NO3S. The van der Waals surface area contributed by atoms with Gasteiger partial charge >= 0.3 is 5.25 Å². The summed E-state index contributed by atoms with van der Waals surface area (Å²) in [6, 6.07) is 4.67. The van der Waals surface area contributed by atoms with Crippen LogP contribution >= 0.6 is 27.7 Å². The molecule has 8 heteroatoms. The van der Waals surface area contributed by atoms with Gasteiger partial charge < -0.3 is 14.6 Å². The van der Waals surface area contributed by atoms with Gasteiger partial charge in [0.25, 0.3) is 0 Å². The topological polar surface area (TPSA) is 51.6 Å². The number of halogens is 3. The molecule has 22 heavy (non-hydrogen) atoms. The van der Waals surface area contributed by atoms with Crippen LogP contribution in [-0.2, 0) is 0 Å². The minimum atomic E-state index is -3.25. The van der Waals surface area contributed by atoms with E-state index in [0.717, 1.165) is 0 Å². The van der Waals surface area contributed by atoms with E-state index in [1.54, 1.807) is 12.1 Å². The molecule has 4 nitrogen and oxygen atoms in total. The zero-order chi connectivity index (χ0) is 15.9. The maximum absolute atomic E-state index is 13.6. The van der Waals surface area contributed by atoms with Crippen molar-refractivity contribution in [1.29, 1.82) is 0 Å². The van der Waals surface area contributed by atoms with Crippen LogP contribution in [0.25, 0.3) is 0 Å². The van der Waals surface area contributed by atoms with Gasteiger partial charge in [-0.2, -0.15) is 8.78 Å². The molecule has 1 aliphatic rings. The summed E-state index contributed by atoms with van der Waals surface area (Å²) in [5.74, 6) is 1.22. The molecule has 1 N–H and O–H groups in total. The number of hydrogen-bond acceptors (Lipinski definition) is 5. The first-order valence-electron chi connectivity index (χ1n) is 6.16. The lowest BCUT2D eigenvalue weighted by Crippen LogP contribution is -2.16. The molecule has 0 fully saturated rings. The van der Waals surface area contributed by atoms with Crippen molar-refractivity contribution in [3.8, 4) is 17.2 Å². The molecular weight excluding hydrogens is 380 g/mol. The van der Waals surface area contributed by atoms with Gasteiger partial charge in [0.15, 0.2) is 6.10 Å². The van der Waals surface area contributed by atoms with E-state index in [1.165, 1.54) is 25.6 Å². The Morgan fingerprint density at radius 2 is 2.05 bits per heavy atom. The highest BCUT2D eigenvalue weighted by Crippen LogP contribution is 2.57. The molecule has 3 rings (SSSR count). The first-order valence-corrected chi connectivity index (χ1v) is 7.77. The molecule has 0 aliphatic carbocycles. The molecule has 0 spiro atoms. The Morgan fingerprint density at radius 1 is 1.32 bits per heavy atom. The summed E-state index contributed by atoms with van der Waals surface area (Å²) in [4.78, 5) is 4.27. The van der Waals surface area contributed by atoms with Crippen LogP contribution in [0.5, 0.6) is 17.2 Å². The van der Waals surface area contributed by atoms with Gasteiger partial charge in [-0.05, 0) is 39.8 Å². The Balaban J connectivity index is 1.96. The van der Waals surface area contributed by atoms with Gasteiger partial charge in [0.2, 0.25) is 0 Å². The Bertz CT molecular complexity index is 729. The van der Waals surface area contributed by atoms with Crippen LogP contribution in [0.4, 0.5) is 8.78 Å². The summed E-state index contributed by atoms with van der Waals surface area (Å²) in [5, 5.41) is 6.52. The van der Waals surface area contributed by atoms with Gasteiger partial charge in [-0.3, -0.25) is 4.98 Å². The summed E-state index contributed by atoms with van der Waals surface area (Å²) >= 11 is 3.57. The predicted molar refractivity (Wildman–Crippen MR) is 80.8 cm³/mol. The molecule has 1 aromatic heterocycles. The molecule has 1 atom stereocenters. The first-order chi connectivity index (χ1) is 10.4. The maximum atomic E-state index is 13.6. The van der Waals surface area contributed by atoms with Gasteiger partial charge in [0.1, 0.15) is 17.2 Å². The number of ether oxygens (including phenoxy) is 2. The van der Waals surface area contributed by atoms with E-state index in [9.17, 15) is 13.9 Å². The summed E-state index contributed by atoms with van der Waals surface area (Å²) in [5.41, 5.74) is 0.128. The van der Waals surface area contributed by atoms with Crippen molar-refractivity contribution < 1.29 is 23.4 Å². The maximum Gasteiger partial charge on any atom is 0.327 e. The monoisotopic (exact) mass is 389 g/mol. The van der Waals surface area contributed by atoms with Crippen LogP contribution in [-0.4, -0.2) is 22.5 Å². The number of thioether (sulfide) groups is 1. The summed E-state index contributed by atoms with van der Waals surface area (Å²) in [7, 11) is 1.50. The quantitative estimate of drug-likeness (QED) is 0.843. The third-order valence-electron chi connectivity index (χ3n) is 3.09. The van der Waals surface area contributed by atoms with Crippen molar-refractivity contribution in [1.82, 2.24) is 4.98 Å². The molecule has 0 saturated heterocycles. The average Bonchev–Trinajstić information content (AvgIpc) is 2.73. The number of aliphatic hydroxyl groups is 1. The number of fused-ring (bicyclic) bond motifs is 1. The van der Waals surface area contributed by atoms with Crippen LogP contribution in [0.3, 0.4) is 0 Å². The highest BCUT2D eigenvalue weighted by atomic mass is 79.9. The SMILES string of the molecule is COc1cncc(Oc2ccc3c(c2Br)C(O)C(F)(F)S3)c1. The fourth-order valence-electron chi connectivity index (χ4n) is 2.04. The van der Waals surface area contributed by atoms with E-state index in [0.29, 0.717) is 38.4 Å². The lowest BCUT2D eigenvalue weighted by atomic mass is 10.1. The van der Waals surface area contributed by atoms with Crippen molar-refractivity contribution in [2.45, 2.75) is 16.3 Å². The molecule has 0 radical (unpaired) electrons. The molecule has 0 bridgehead atoms. The van der Waals surface area contributed by atoms with E-state index in [4.69, 9.17) is 9.47 Å². The van der Waals surface area contributed by atoms with Gasteiger partial charge in [-0.15, -0.1) is 0 Å². The van der Waals surface area contributed by atoms with E-state index >= 15 is 0 Å². The van der Waals surface area contributed by atoms with Crippen molar-refractivity contribution in [2.75, 3.05) is 7.11 Å². The van der Waals surface area contributed by atoms with Gasteiger partial charge in [-0.25, -0.2) is 0 Å². The first kappa shape index (κ1) is 15.5. The summed E-state index contributed by atoms with van der Waals surface area (Å²) in [6.07, 6.45) is 1.11. The lowest BCUT2D eigenvalue weighted by molar-refractivity contribution is -0.0314. The number of methoxy groups -OCH3 is 1. The number of aliphatic hydroxyl groups excluding tert-OH is 1. The number of rotatable bonds is 3. The Kier molecular flexibility index (Phi) is 4.00. The number of aromatic nitrogens is 1. The largest absolute Gasteiger partial charge is 0.495 e. The number of nitrogens with zero attached hydrogens (tertiary/aromatic N) is 1. The molecule has 2 aromatic rings. The molecule has 2 heterocycles. The number of hydrogen-bond donors (Lipinski definition) is 1. The third-order valence-corrected chi connectivity index (χ3v) is 4.98. The Labute approximate surface area is 137 Å². The molecule has 1 aliphatic heterocycles. The van der Waals surface area contributed by atoms with Crippen molar-refractivity contribution >= 4 is 27.7 Å². The second-order valence-electron chi connectivity index (χ2n) is 4.52. The lowest BCUT2D eigenvalue weighted by Gasteiger charge is -2.14. The summed E-state index contributed by atoms with van der Waals surface area (Å²) < 4.78 is 38.2. The van der Waals surface area contributed by atoms with Crippen molar-refractivity contribution in [2.24, 2.45) is 0 Å². The van der Waals surface area contributed by atoms with Crippen molar-refractivity contribution in [3.63, 3.8) is 0 Å². The average molecular weight is 390 g/mol. The van der Waals surface area contributed by atoms with E-state index < -0.39 is 11.4 Å². The van der Waals surface area contributed by atoms with Gasteiger partial charge in [0.05, 0.1) is 24.0 Å². The zero-order valence-corrected chi connectivity index (χ0v) is 13.6. The molecule has 1 aromatic carbocycles. The Morgan fingerprint density at radius 3 is 2.77 bits per heavy atom. The van der Waals surface area contributed by atoms with Crippen LogP contribution in [0.1, 0.15) is 11.7 Å². The van der Waals surface area contributed by atoms with E-state index in [-0.39, 0.29) is 5.56 Å².